The lowest BCUT2D eigenvalue weighted by Gasteiger charge is -2.06. The van der Waals surface area contributed by atoms with E-state index in [0.717, 1.165) is 40.3 Å². The highest BCUT2D eigenvalue weighted by atomic mass is 16.5. The largest absolute Gasteiger partial charge is 0.461 e. The number of carbonyl (C=O) groups is 1. The number of rotatable bonds is 4. The third kappa shape index (κ3) is 2.34. The fourth-order valence-electron chi connectivity index (χ4n) is 2.85. The van der Waals surface area contributed by atoms with E-state index in [0.29, 0.717) is 12.3 Å². The highest BCUT2D eigenvalue weighted by Gasteiger charge is 2.16. The normalized spacial score (nSPS) is 11.2. The number of para-hydroxylation sites is 1. The van der Waals surface area contributed by atoms with E-state index in [-0.39, 0.29) is 5.97 Å². The van der Waals surface area contributed by atoms with E-state index in [1.807, 2.05) is 32.2 Å². The molecule has 0 N–H and O–H groups in total. The minimum Gasteiger partial charge on any atom is -0.461 e. The SMILES string of the molecule is CCCCOC(=O)c1cc2c(c(C)n1)c1ccccc1n2C. The fraction of sp³-hybridized carbons (Fsp3) is 0.333. The van der Waals surface area contributed by atoms with Gasteiger partial charge in [-0.3, -0.25) is 0 Å². The van der Waals surface area contributed by atoms with Crippen LogP contribution in [0.5, 0.6) is 0 Å². The van der Waals surface area contributed by atoms with Gasteiger partial charge in [0.15, 0.2) is 5.69 Å². The number of ether oxygens (including phenoxy) is 1. The van der Waals surface area contributed by atoms with Gasteiger partial charge < -0.3 is 9.30 Å². The molecule has 0 radical (unpaired) electrons. The number of aryl methyl sites for hydroxylation is 2. The summed E-state index contributed by atoms with van der Waals surface area (Å²) in [5.41, 5.74) is 3.39. The van der Waals surface area contributed by atoms with Gasteiger partial charge in [-0.2, -0.15) is 0 Å². The number of hydrogen-bond acceptors (Lipinski definition) is 3. The van der Waals surface area contributed by atoms with Gasteiger partial charge in [0.05, 0.1) is 12.1 Å². The Kier molecular flexibility index (Phi) is 3.84. The van der Waals surface area contributed by atoms with Crippen LogP contribution in [0, 0.1) is 6.92 Å². The third-order valence-electron chi connectivity index (χ3n) is 4.02. The topological polar surface area (TPSA) is 44.1 Å². The standard InChI is InChI=1S/C18H20N2O2/c1-4-5-10-22-18(21)14-11-16-17(12(2)19-14)13-8-6-7-9-15(13)20(16)3/h6-9,11H,4-5,10H2,1-3H3. The lowest BCUT2D eigenvalue weighted by molar-refractivity contribution is 0.0493. The van der Waals surface area contributed by atoms with E-state index in [9.17, 15) is 4.79 Å². The Balaban J connectivity index is 2.10. The quantitative estimate of drug-likeness (QED) is 0.540. The minimum atomic E-state index is -0.344. The molecule has 2 heterocycles. The second kappa shape index (κ2) is 5.79. The molecule has 0 atom stereocenters. The second-order valence-corrected chi connectivity index (χ2v) is 5.55. The van der Waals surface area contributed by atoms with Crippen LogP contribution in [0.25, 0.3) is 21.8 Å². The summed E-state index contributed by atoms with van der Waals surface area (Å²) in [4.78, 5) is 16.6. The molecule has 0 saturated heterocycles. The molecule has 0 unspecified atom stereocenters. The molecule has 0 saturated carbocycles. The predicted molar refractivity (Wildman–Crippen MR) is 88.1 cm³/mol. The van der Waals surface area contributed by atoms with Crippen LogP contribution in [-0.2, 0) is 11.8 Å². The summed E-state index contributed by atoms with van der Waals surface area (Å²) < 4.78 is 7.38. The van der Waals surface area contributed by atoms with Crippen molar-refractivity contribution in [1.82, 2.24) is 9.55 Å². The molecule has 3 rings (SSSR count). The summed E-state index contributed by atoms with van der Waals surface area (Å²) in [6.07, 6.45) is 1.88. The lowest BCUT2D eigenvalue weighted by Crippen LogP contribution is -2.09. The maximum absolute atomic E-state index is 12.1. The van der Waals surface area contributed by atoms with Gasteiger partial charge in [-0.1, -0.05) is 31.5 Å². The van der Waals surface area contributed by atoms with Gasteiger partial charge in [0.25, 0.3) is 0 Å². The zero-order valence-electron chi connectivity index (χ0n) is 13.2. The third-order valence-corrected chi connectivity index (χ3v) is 4.02. The van der Waals surface area contributed by atoms with Gasteiger partial charge in [-0.05, 0) is 25.5 Å². The first kappa shape index (κ1) is 14.6. The molecule has 0 bridgehead atoms. The average molecular weight is 296 g/mol. The van der Waals surface area contributed by atoms with Gasteiger partial charge in [0, 0.05) is 29.0 Å². The predicted octanol–water partition coefficient (Wildman–Crippen LogP) is 3.99. The number of aromatic nitrogens is 2. The summed E-state index contributed by atoms with van der Waals surface area (Å²) >= 11 is 0. The van der Waals surface area contributed by atoms with Crippen LogP contribution in [0.2, 0.25) is 0 Å². The Labute approximate surface area is 129 Å². The van der Waals surface area contributed by atoms with E-state index in [2.05, 4.69) is 28.6 Å². The first-order chi connectivity index (χ1) is 10.6. The Morgan fingerprint density at radius 2 is 2.05 bits per heavy atom. The number of benzene rings is 1. The van der Waals surface area contributed by atoms with Gasteiger partial charge in [-0.25, -0.2) is 9.78 Å². The molecule has 22 heavy (non-hydrogen) atoms. The number of nitrogens with zero attached hydrogens (tertiary/aromatic N) is 2. The maximum Gasteiger partial charge on any atom is 0.357 e. The second-order valence-electron chi connectivity index (χ2n) is 5.55. The van der Waals surface area contributed by atoms with Gasteiger partial charge >= 0.3 is 5.97 Å². The number of hydrogen-bond donors (Lipinski definition) is 0. The van der Waals surface area contributed by atoms with Crippen LogP contribution in [0.4, 0.5) is 0 Å². The van der Waals surface area contributed by atoms with Crippen molar-refractivity contribution in [2.24, 2.45) is 7.05 Å². The van der Waals surface area contributed by atoms with Gasteiger partial charge in [0.2, 0.25) is 0 Å². The monoisotopic (exact) mass is 296 g/mol. The molecule has 0 amide bonds. The minimum absolute atomic E-state index is 0.344. The zero-order valence-corrected chi connectivity index (χ0v) is 13.2. The number of unbranched alkanes of at least 4 members (excludes halogenated alkanes) is 1. The van der Waals surface area contributed by atoms with Crippen molar-refractivity contribution in [3.63, 3.8) is 0 Å². The molecule has 0 spiro atoms. The van der Waals surface area contributed by atoms with Crippen molar-refractivity contribution in [2.45, 2.75) is 26.7 Å². The van der Waals surface area contributed by atoms with Crippen LogP contribution in [0.3, 0.4) is 0 Å². The van der Waals surface area contributed by atoms with Crippen LogP contribution in [-0.4, -0.2) is 22.1 Å². The van der Waals surface area contributed by atoms with E-state index in [1.54, 1.807) is 0 Å². The van der Waals surface area contributed by atoms with Crippen molar-refractivity contribution >= 4 is 27.8 Å². The lowest BCUT2D eigenvalue weighted by atomic mass is 10.1. The first-order valence-electron chi connectivity index (χ1n) is 7.65. The van der Waals surface area contributed by atoms with E-state index < -0.39 is 0 Å². The van der Waals surface area contributed by atoms with Gasteiger partial charge in [0.1, 0.15) is 0 Å². The number of esters is 1. The Morgan fingerprint density at radius 3 is 2.82 bits per heavy atom. The Bertz CT molecular complexity index is 849. The maximum atomic E-state index is 12.1. The summed E-state index contributed by atoms with van der Waals surface area (Å²) in [5, 5.41) is 2.26. The molecule has 114 valence electrons. The van der Waals surface area contributed by atoms with Crippen molar-refractivity contribution in [1.29, 1.82) is 0 Å². The highest BCUT2D eigenvalue weighted by molar-refractivity contribution is 6.10. The van der Waals surface area contributed by atoms with Crippen molar-refractivity contribution in [2.75, 3.05) is 6.61 Å². The van der Waals surface area contributed by atoms with Crippen LogP contribution < -0.4 is 0 Å². The highest BCUT2D eigenvalue weighted by Crippen LogP contribution is 2.30. The summed E-state index contributed by atoms with van der Waals surface area (Å²) in [6.45, 7) is 4.46. The molecule has 4 heteroatoms. The summed E-state index contributed by atoms with van der Waals surface area (Å²) in [6, 6.07) is 10.0. The molecule has 0 aliphatic carbocycles. The molecule has 1 aromatic carbocycles. The van der Waals surface area contributed by atoms with Crippen LogP contribution in [0.1, 0.15) is 35.9 Å². The molecule has 0 aliphatic rings. The first-order valence-corrected chi connectivity index (χ1v) is 7.65. The Morgan fingerprint density at radius 1 is 1.27 bits per heavy atom. The number of pyridine rings is 1. The van der Waals surface area contributed by atoms with Crippen molar-refractivity contribution in [3.8, 4) is 0 Å². The van der Waals surface area contributed by atoms with Crippen LogP contribution in [0.15, 0.2) is 30.3 Å². The van der Waals surface area contributed by atoms with E-state index >= 15 is 0 Å². The fourth-order valence-corrected chi connectivity index (χ4v) is 2.85. The molecule has 4 nitrogen and oxygen atoms in total. The Hall–Kier alpha value is -2.36. The molecule has 2 aromatic heterocycles. The summed E-state index contributed by atoms with van der Waals surface area (Å²) in [7, 11) is 2.01. The molecule has 0 aliphatic heterocycles. The molecular weight excluding hydrogens is 276 g/mol. The smallest absolute Gasteiger partial charge is 0.357 e. The molecule has 3 aromatic rings. The van der Waals surface area contributed by atoms with Gasteiger partial charge in [-0.15, -0.1) is 0 Å². The zero-order chi connectivity index (χ0) is 15.7. The number of fused-ring (bicyclic) bond motifs is 3. The van der Waals surface area contributed by atoms with E-state index in [4.69, 9.17) is 4.74 Å². The number of carbonyl (C=O) groups excluding carboxylic acids is 1. The average Bonchev–Trinajstić information content (AvgIpc) is 2.81. The van der Waals surface area contributed by atoms with Crippen molar-refractivity contribution in [3.05, 3.63) is 41.7 Å². The molecular formula is C18H20N2O2. The van der Waals surface area contributed by atoms with Crippen molar-refractivity contribution < 1.29 is 9.53 Å². The van der Waals surface area contributed by atoms with Crippen LogP contribution >= 0.6 is 0 Å². The summed E-state index contributed by atoms with van der Waals surface area (Å²) in [5.74, 6) is -0.344. The molecule has 0 fully saturated rings. The van der Waals surface area contributed by atoms with E-state index in [1.165, 1.54) is 0 Å².